The Hall–Kier alpha value is -2.84. The van der Waals surface area contributed by atoms with Gasteiger partial charge in [0, 0.05) is 56.1 Å². The normalized spacial score (nSPS) is 17.3. The van der Waals surface area contributed by atoms with E-state index in [0.717, 1.165) is 50.3 Å². The number of hydrogen-bond donors (Lipinski definition) is 0. The van der Waals surface area contributed by atoms with Gasteiger partial charge in [-0.15, -0.1) is 0 Å². The van der Waals surface area contributed by atoms with Gasteiger partial charge in [0.15, 0.2) is 0 Å². The van der Waals surface area contributed by atoms with Crippen molar-refractivity contribution in [2.24, 2.45) is 0 Å². The Kier molecular flexibility index (Phi) is 9.96. The van der Waals surface area contributed by atoms with Gasteiger partial charge in [0.25, 0.3) is 0 Å². The van der Waals surface area contributed by atoms with E-state index in [0.29, 0.717) is 31.2 Å². The molecule has 4 rings (SSSR count). The SMILES string of the molecule is C.COc1cc(OC2CCN(C(=O)CCN3CCC(c4ccc(Cl)cc4)CC3)CC2)ccc1[N+](=O)[O-]. The van der Waals surface area contributed by atoms with E-state index in [4.69, 9.17) is 21.1 Å². The van der Waals surface area contributed by atoms with Crippen molar-refractivity contribution in [2.45, 2.75) is 51.6 Å². The molecule has 2 heterocycles. The molecule has 1 amide bonds. The molecule has 0 aliphatic carbocycles. The predicted octanol–water partition coefficient (Wildman–Crippen LogP) is 5.53. The number of rotatable bonds is 8. The van der Waals surface area contributed by atoms with Gasteiger partial charge in [-0.1, -0.05) is 31.2 Å². The molecule has 36 heavy (non-hydrogen) atoms. The summed E-state index contributed by atoms with van der Waals surface area (Å²) < 4.78 is 11.1. The number of nitro benzene ring substituents is 1. The summed E-state index contributed by atoms with van der Waals surface area (Å²) in [7, 11) is 1.40. The van der Waals surface area contributed by atoms with E-state index in [-0.39, 0.29) is 30.9 Å². The van der Waals surface area contributed by atoms with Crippen LogP contribution >= 0.6 is 11.6 Å². The Labute approximate surface area is 218 Å². The lowest BCUT2D eigenvalue weighted by Crippen LogP contribution is -2.43. The van der Waals surface area contributed by atoms with Crippen molar-refractivity contribution in [3.8, 4) is 11.5 Å². The molecule has 2 aliphatic heterocycles. The van der Waals surface area contributed by atoms with E-state index < -0.39 is 4.92 Å². The van der Waals surface area contributed by atoms with E-state index in [1.807, 2.05) is 17.0 Å². The average Bonchev–Trinajstić information content (AvgIpc) is 2.88. The predicted molar refractivity (Wildman–Crippen MR) is 141 cm³/mol. The van der Waals surface area contributed by atoms with Crippen LogP contribution in [0.25, 0.3) is 0 Å². The smallest absolute Gasteiger partial charge is 0.311 e. The fourth-order valence-corrected chi connectivity index (χ4v) is 5.06. The monoisotopic (exact) mass is 517 g/mol. The molecule has 2 aromatic carbocycles. The first-order valence-corrected chi connectivity index (χ1v) is 12.6. The second-order valence-corrected chi connectivity index (χ2v) is 9.64. The summed E-state index contributed by atoms with van der Waals surface area (Å²) in [6.45, 7) is 4.13. The number of nitrogens with zero attached hydrogens (tertiary/aromatic N) is 3. The minimum atomic E-state index is -0.478. The number of hydrogen-bond acceptors (Lipinski definition) is 6. The maximum absolute atomic E-state index is 12.8. The standard InChI is InChI=1S/C26H32ClN3O5.CH4/c1-34-25-18-23(6-7-24(25)30(32)33)35-22-10-16-29(17-11-22)26(31)12-15-28-13-8-20(9-14-28)19-2-4-21(27)5-3-19;/h2-7,18,20,22H,8-17H2,1H3;1H4. The Morgan fingerprint density at radius 1 is 1.06 bits per heavy atom. The maximum Gasteiger partial charge on any atom is 0.311 e. The molecule has 0 bridgehead atoms. The highest BCUT2D eigenvalue weighted by atomic mass is 35.5. The molecule has 0 spiro atoms. The third kappa shape index (κ3) is 7.11. The van der Waals surface area contributed by atoms with E-state index >= 15 is 0 Å². The Morgan fingerprint density at radius 2 is 1.72 bits per heavy atom. The first-order chi connectivity index (χ1) is 16.9. The molecule has 2 fully saturated rings. The van der Waals surface area contributed by atoms with Crippen molar-refractivity contribution < 1.29 is 19.2 Å². The number of benzene rings is 2. The van der Waals surface area contributed by atoms with Gasteiger partial charge >= 0.3 is 5.69 Å². The number of amides is 1. The molecule has 0 atom stereocenters. The molecular formula is C27H36ClN3O5. The second-order valence-electron chi connectivity index (χ2n) is 9.21. The highest BCUT2D eigenvalue weighted by Gasteiger charge is 2.26. The zero-order valence-electron chi connectivity index (χ0n) is 20.0. The zero-order valence-corrected chi connectivity index (χ0v) is 20.8. The van der Waals surface area contributed by atoms with Crippen LogP contribution in [0.1, 0.15) is 51.0 Å². The zero-order chi connectivity index (χ0) is 24.8. The molecule has 0 N–H and O–H groups in total. The summed E-state index contributed by atoms with van der Waals surface area (Å²) in [6, 6.07) is 12.7. The molecule has 196 valence electrons. The fourth-order valence-electron chi connectivity index (χ4n) is 4.93. The summed E-state index contributed by atoms with van der Waals surface area (Å²) in [5.74, 6) is 1.48. The van der Waals surface area contributed by atoms with Crippen molar-refractivity contribution in [2.75, 3.05) is 39.8 Å². The summed E-state index contributed by atoms with van der Waals surface area (Å²) in [5, 5.41) is 11.8. The molecule has 2 saturated heterocycles. The summed E-state index contributed by atoms with van der Waals surface area (Å²) in [6.07, 6.45) is 4.18. The van der Waals surface area contributed by atoms with Gasteiger partial charge in [-0.25, -0.2) is 0 Å². The summed E-state index contributed by atoms with van der Waals surface area (Å²) in [4.78, 5) is 27.7. The van der Waals surface area contributed by atoms with Gasteiger partial charge in [-0.05, 0) is 55.6 Å². The van der Waals surface area contributed by atoms with E-state index in [9.17, 15) is 14.9 Å². The van der Waals surface area contributed by atoms with Gasteiger partial charge < -0.3 is 19.3 Å². The minimum absolute atomic E-state index is 0. The molecule has 8 nitrogen and oxygen atoms in total. The van der Waals surface area contributed by atoms with Gasteiger partial charge in [0.2, 0.25) is 11.7 Å². The van der Waals surface area contributed by atoms with Crippen LogP contribution in [0.3, 0.4) is 0 Å². The van der Waals surface area contributed by atoms with Gasteiger partial charge in [-0.2, -0.15) is 0 Å². The van der Waals surface area contributed by atoms with Crippen molar-refractivity contribution in [1.29, 1.82) is 0 Å². The molecule has 0 radical (unpaired) electrons. The van der Waals surface area contributed by atoms with Crippen LogP contribution in [0, 0.1) is 10.1 Å². The lowest BCUT2D eigenvalue weighted by Gasteiger charge is -2.34. The lowest BCUT2D eigenvalue weighted by atomic mass is 9.89. The number of methoxy groups -OCH3 is 1. The molecule has 0 saturated carbocycles. The molecule has 0 unspecified atom stereocenters. The number of piperidine rings is 2. The number of likely N-dealkylation sites (tertiary alicyclic amines) is 2. The van der Waals surface area contributed by atoms with Gasteiger partial charge in [-0.3, -0.25) is 14.9 Å². The fraction of sp³-hybridized carbons (Fsp3) is 0.519. The Bertz CT molecular complexity index is 1020. The average molecular weight is 518 g/mol. The maximum atomic E-state index is 12.8. The van der Waals surface area contributed by atoms with Gasteiger partial charge in [0.05, 0.1) is 12.0 Å². The molecular weight excluding hydrogens is 482 g/mol. The number of ether oxygens (including phenoxy) is 2. The summed E-state index contributed by atoms with van der Waals surface area (Å²) >= 11 is 6.00. The topological polar surface area (TPSA) is 85.2 Å². The molecule has 2 aliphatic rings. The first-order valence-electron chi connectivity index (χ1n) is 12.2. The summed E-state index contributed by atoms with van der Waals surface area (Å²) in [5.41, 5.74) is 1.26. The number of carbonyl (C=O) groups is 1. The Morgan fingerprint density at radius 3 is 2.33 bits per heavy atom. The van der Waals surface area contributed by atoms with Crippen LogP contribution in [0.5, 0.6) is 11.5 Å². The van der Waals surface area contributed by atoms with Crippen LogP contribution in [0.2, 0.25) is 5.02 Å². The third-order valence-corrected chi connectivity index (χ3v) is 7.27. The van der Waals surface area contributed by atoms with Gasteiger partial charge in [0.1, 0.15) is 11.9 Å². The molecule has 9 heteroatoms. The molecule has 2 aromatic rings. The molecule has 0 aromatic heterocycles. The number of halogens is 1. The Balaban J connectivity index is 0.00000361. The van der Waals surface area contributed by atoms with Crippen molar-refractivity contribution in [3.63, 3.8) is 0 Å². The van der Waals surface area contributed by atoms with Crippen LogP contribution in [0.15, 0.2) is 42.5 Å². The van der Waals surface area contributed by atoms with E-state index in [1.165, 1.54) is 18.7 Å². The third-order valence-electron chi connectivity index (χ3n) is 7.02. The largest absolute Gasteiger partial charge is 0.490 e. The van der Waals surface area contributed by atoms with E-state index in [1.54, 1.807) is 12.1 Å². The number of carbonyl (C=O) groups excluding carboxylic acids is 1. The highest BCUT2D eigenvalue weighted by Crippen LogP contribution is 2.32. The van der Waals surface area contributed by atoms with Crippen molar-refractivity contribution in [1.82, 2.24) is 9.80 Å². The van der Waals surface area contributed by atoms with Crippen LogP contribution in [-0.4, -0.2) is 66.6 Å². The van der Waals surface area contributed by atoms with E-state index in [2.05, 4.69) is 17.0 Å². The highest BCUT2D eigenvalue weighted by molar-refractivity contribution is 6.30. The van der Waals surface area contributed by atoms with Crippen LogP contribution in [0.4, 0.5) is 5.69 Å². The first kappa shape index (κ1) is 27.7. The van der Waals surface area contributed by atoms with Crippen molar-refractivity contribution >= 4 is 23.2 Å². The number of nitro groups is 1. The van der Waals surface area contributed by atoms with Crippen molar-refractivity contribution in [3.05, 3.63) is 63.2 Å². The second kappa shape index (κ2) is 12.9. The van der Waals surface area contributed by atoms with Crippen LogP contribution in [-0.2, 0) is 4.79 Å². The van der Waals surface area contributed by atoms with Crippen LogP contribution < -0.4 is 9.47 Å². The quantitative estimate of drug-likeness (QED) is 0.338. The minimum Gasteiger partial charge on any atom is -0.490 e. The lowest BCUT2D eigenvalue weighted by molar-refractivity contribution is -0.385.